The predicted molar refractivity (Wildman–Crippen MR) is 67.9 cm³/mol. The molecule has 0 aromatic heterocycles. The molecule has 1 aromatic rings. The van der Waals surface area contributed by atoms with Crippen LogP contribution in [-0.2, 0) is 5.54 Å². The van der Waals surface area contributed by atoms with Gasteiger partial charge < -0.3 is 5.73 Å². The molecule has 2 rings (SSSR count). The maximum atomic E-state index is 6.44. The summed E-state index contributed by atoms with van der Waals surface area (Å²) in [6, 6.07) is 4.33. The summed E-state index contributed by atoms with van der Waals surface area (Å²) < 4.78 is 1.20. The summed E-state index contributed by atoms with van der Waals surface area (Å²) in [5.41, 5.74) is 10.4. The summed E-state index contributed by atoms with van der Waals surface area (Å²) in [7, 11) is 0. The Labute approximate surface area is 100 Å². The number of nitrogens with two attached hydrogens (primary N) is 1. The number of benzene rings is 1. The molecule has 1 fully saturated rings. The molecule has 1 aliphatic rings. The Balaban J connectivity index is 2.53. The fourth-order valence-corrected chi connectivity index (χ4v) is 2.76. The van der Waals surface area contributed by atoms with Gasteiger partial charge in [0.1, 0.15) is 0 Å². The van der Waals surface area contributed by atoms with E-state index in [9.17, 15) is 0 Å². The van der Waals surface area contributed by atoms with Crippen LogP contribution in [0.2, 0.25) is 0 Å². The van der Waals surface area contributed by atoms with Crippen molar-refractivity contribution in [1.29, 1.82) is 0 Å². The van der Waals surface area contributed by atoms with Crippen molar-refractivity contribution >= 4 is 15.9 Å². The Hall–Kier alpha value is -0.340. The van der Waals surface area contributed by atoms with Gasteiger partial charge >= 0.3 is 0 Å². The lowest BCUT2D eigenvalue weighted by molar-refractivity contribution is 0.508. The number of halogens is 1. The quantitative estimate of drug-likeness (QED) is 0.826. The molecule has 0 aliphatic heterocycles. The Morgan fingerprint density at radius 3 is 2.27 bits per heavy atom. The highest BCUT2D eigenvalue weighted by Gasteiger charge is 2.59. The van der Waals surface area contributed by atoms with Gasteiger partial charge in [-0.15, -0.1) is 0 Å². The molecule has 0 radical (unpaired) electrons. The lowest BCUT2D eigenvalue weighted by Gasteiger charge is -2.19. The van der Waals surface area contributed by atoms with Gasteiger partial charge in [0.05, 0.1) is 0 Å². The van der Waals surface area contributed by atoms with Crippen molar-refractivity contribution in [1.82, 2.24) is 0 Å². The second-order valence-electron chi connectivity index (χ2n) is 5.40. The molecule has 0 saturated heterocycles. The third kappa shape index (κ3) is 1.46. The normalized spacial score (nSPS) is 27.9. The third-order valence-electron chi connectivity index (χ3n) is 3.86. The fraction of sp³-hybridized carbons (Fsp3) is 0.538. The molecule has 0 spiro atoms. The van der Waals surface area contributed by atoms with Crippen molar-refractivity contribution in [3.8, 4) is 0 Å². The number of rotatable bonds is 1. The van der Waals surface area contributed by atoms with Crippen molar-refractivity contribution in [3.05, 3.63) is 33.3 Å². The van der Waals surface area contributed by atoms with Crippen molar-refractivity contribution in [2.75, 3.05) is 0 Å². The van der Waals surface area contributed by atoms with Crippen LogP contribution in [0.15, 0.2) is 16.6 Å². The first-order valence-electron chi connectivity index (χ1n) is 5.35. The Morgan fingerprint density at radius 1 is 1.27 bits per heavy atom. The molecule has 1 atom stereocenters. The largest absolute Gasteiger partial charge is 0.321 e. The van der Waals surface area contributed by atoms with Crippen molar-refractivity contribution in [2.45, 2.75) is 39.7 Å². The second kappa shape index (κ2) is 3.08. The van der Waals surface area contributed by atoms with Gasteiger partial charge in [-0.3, -0.25) is 0 Å². The SMILES string of the molecule is Cc1ccc(C2(N)CC2(C)C)c(C)c1Br. The zero-order valence-corrected chi connectivity index (χ0v) is 11.4. The van der Waals surface area contributed by atoms with Crippen molar-refractivity contribution in [2.24, 2.45) is 11.1 Å². The van der Waals surface area contributed by atoms with Crippen molar-refractivity contribution < 1.29 is 0 Å². The van der Waals surface area contributed by atoms with Crippen molar-refractivity contribution in [3.63, 3.8) is 0 Å². The summed E-state index contributed by atoms with van der Waals surface area (Å²) in [5.74, 6) is 0. The average Bonchev–Trinajstić information content (AvgIpc) is 2.63. The molecular weight excluding hydrogens is 250 g/mol. The Kier molecular flexibility index (Phi) is 2.29. The lowest BCUT2D eigenvalue weighted by Crippen LogP contribution is -2.26. The van der Waals surface area contributed by atoms with Crippen LogP contribution in [-0.4, -0.2) is 0 Å². The third-order valence-corrected chi connectivity index (χ3v) is 5.08. The summed E-state index contributed by atoms with van der Waals surface area (Å²) >= 11 is 3.63. The molecule has 82 valence electrons. The minimum absolute atomic E-state index is 0.118. The van der Waals surface area contributed by atoms with E-state index in [0.29, 0.717) is 0 Å². The van der Waals surface area contributed by atoms with Gasteiger partial charge in [-0.05, 0) is 42.4 Å². The van der Waals surface area contributed by atoms with E-state index >= 15 is 0 Å². The predicted octanol–water partition coefficient (Wildman–Crippen LogP) is 3.65. The summed E-state index contributed by atoms with van der Waals surface area (Å²) in [6.07, 6.45) is 1.08. The topological polar surface area (TPSA) is 26.0 Å². The first-order valence-corrected chi connectivity index (χ1v) is 6.14. The highest BCUT2D eigenvalue weighted by molar-refractivity contribution is 9.10. The van der Waals surface area contributed by atoms with Gasteiger partial charge in [0, 0.05) is 10.0 Å². The molecule has 1 saturated carbocycles. The van der Waals surface area contributed by atoms with Crippen LogP contribution in [0.4, 0.5) is 0 Å². The highest BCUT2D eigenvalue weighted by Crippen LogP contribution is 2.61. The molecule has 2 N–H and O–H groups in total. The van der Waals surface area contributed by atoms with Gasteiger partial charge in [0.2, 0.25) is 0 Å². The van der Waals surface area contributed by atoms with Crippen LogP contribution in [0, 0.1) is 19.3 Å². The molecule has 0 amide bonds. The van der Waals surface area contributed by atoms with Crippen LogP contribution < -0.4 is 5.73 Å². The minimum Gasteiger partial charge on any atom is -0.321 e. The molecule has 2 heteroatoms. The number of hydrogen-bond acceptors (Lipinski definition) is 1. The zero-order valence-electron chi connectivity index (χ0n) is 9.82. The van der Waals surface area contributed by atoms with E-state index in [1.165, 1.54) is 21.2 Å². The number of hydrogen-bond donors (Lipinski definition) is 1. The summed E-state index contributed by atoms with van der Waals surface area (Å²) in [6.45, 7) is 8.73. The smallest absolute Gasteiger partial charge is 0.0471 e. The summed E-state index contributed by atoms with van der Waals surface area (Å²) in [4.78, 5) is 0. The zero-order chi connectivity index (χ0) is 11.4. The van der Waals surface area contributed by atoms with E-state index in [1.807, 2.05) is 0 Å². The van der Waals surface area contributed by atoms with E-state index < -0.39 is 0 Å². The number of aryl methyl sites for hydroxylation is 1. The standard InChI is InChI=1S/C13H18BrN/c1-8-5-6-10(9(2)11(8)14)13(15)7-12(13,3)4/h5-6H,7,15H2,1-4H3. The maximum absolute atomic E-state index is 6.44. The van der Waals surface area contributed by atoms with Gasteiger partial charge in [0.25, 0.3) is 0 Å². The molecule has 1 aromatic carbocycles. The maximum Gasteiger partial charge on any atom is 0.0471 e. The van der Waals surface area contributed by atoms with E-state index in [1.54, 1.807) is 0 Å². The lowest BCUT2D eigenvalue weighted by atomic mass is 9.92. The van der Waals surface area contributed by atoms with Gasteiger partial charge in [-0.1, -0.05) is 41.9 Å². The first-order chi connectivity index (χ1) is 6.79. The molecule has 1 aliphatic carbocycles. The average molecular weight is 268 g/mol. The van der Waals surface area contributed by atoms with Crippen LogP contribution in [0.1, 0.15) is 37.0 Å². The molecule has 15 heavy (non-hydrogen) atoms. The fourth-order valence-electron chi connectivity index (χ4n) is 2.42. The van der Waals surface area contributed by atoms with Crippen LogP contribution in [0.3, 0.4) is 0 Å². The van der Waals surface area contributed by atoms with E-state index in [4.69, 9.17) is 5.73 Å². The summed E-state index contributed by atoms with van der Waals surface area (Å²) in [5, 5.41) is 0. The molecule has 0 heterocycles. The molecule has 0 bridgehead atoms. The Morgan fingerprint density at radius 2 is 1.80 bits per heavy atom. The van der Waals surface area contributed by atoms with Crippen LogP contribution in [0.5, 0.6) is 0 Å². The minimum atomic E-state index is -0.118. The monoisotopic (exact) mass is 267 g/mol. The van der Waals surface area contributed by atoms with Crippen LogP contribution >= 0.6 is 15.9 Å². The molecular formula is C13H18BrN. The molecule has 1 unspecified atom stereocenters. The van der Waals surface area contributed by atoms with Gasteiger partial charge in [-0.25, -0.2) is 0 Å². The van der Waals surface area contributed by atoms with E-state index in [0.717, 1.165) is 6.42 Å². The molecule has 1 nitrogen and oxygen atoms in total. The van der Waals surface area contributed by atoms with E-state index in [2.05, 4.69) is 55.8 Å². The second-order valence-corrected chi connectivity index (χ2v) is 6.19. The van der Waals surface area contributed by atoms with Gasteiger partial charge in [-0.2, -0.15) is 0 Å². The Bertz CT molecular complexity index is 423. The van der Waals surface area contributed by atoms with Gasteiger partial charge in [0.15, 0.2) is 0 Å². The first kappa shape index (κ1) is 11.2. The highest BCUT2D eigenvalue weighted by atomic mass is 79.9. The van der Waals surface area contributed by atoms with E-state index in [-0.39, 0.29) is 11.0 Å². The van der Waals surface area contributed by atoms with Crippen LogP contribution in [0.25, 0.3) is 0 Å².